The SMILES string of the molecule is NC(=O)c1cccc(C(=O)c2ccc(F)cc2)c1N. The minimum absolute atomic E-state index is 0.0318. The maximum atomic E-state index is 12.8. The molecule has 0 heterocycles. The Kier molecular flexibility index (Phi) is 3.29. The highest BCUT2D eigenvalue weighted by Crippen LogP contribution is 2.20. The molecule has 4 N–H and O–H groups in total. The molecule has 96 valence electrons. The van der Waals surface area contributed by atoms with Gasteiger partial charge >= 0.3 is 0 Å². The molecule has 0 aliphatic rings. The van der Waals surface area contributed by atoms with Gasteiger partial charge in [-0.3, -0.25) is 9.59 Å². The second kappa shape index (κ2) is 4.89. The van der Waals surface area contributed by atoms with Crippen LogP contribution in [0, 0.1) is 5.82 Å². The van der Waals surface area contributed by atoms with Crippen LogP contribution in [0.25, 0.3) is 0 Å². The van der Waals surface area contributed by atoms with Crippen LogP contribution in [0.1, 0.15) is 26.3 Å². The summed E-state index contributed by atoms with van der Waals surface area (Å²) >= 11 is 0. The van der Waals surface area contributed by atoms with Gasteiger partial charge in [-0.15, -0.1) is 0 Å². The van der Waals surface area contributed by atoms with Crippen LogP contribution in [0.3, 0.4) is 0 Å². The van der Waals surface area contributed by atoms with Crippen molar-refractivity contribution in [3.8, 4) is 0 Å². The standard InChI is InChI=1S/C14H11FN2O2/c15-9-6-4-8(5-7-9)13(18)10-2-1-3-11(12(10)16)14(17)19/h1-7H,16H2,(H2,17,19). The molecule has 0 radical (unpaired) electrons. The molecule has 2 rings (SSSR count). The summed E-state index contributed by atoms with van der Waals surface area (Å²) in [5.41, 5.74) is 11.5. The van der Waals surface area contributed by atoms with Crippen molar-refractivity contribution in [2.75, 3.05) is 5.73 Å². The van der Waals surface area contributed by atoms with Crippen molar-refractivity contribution in [1.82, 2.24) is 0 Å². The van der Waals surface area contributed by atoms with E-state index in [1.165, 1.54) is 42.5 Å². The molecular formula is C14H11FN2O2. The Hall–Kier alpha value is -2.69. The summed E-state index contributed by atoms with van der Waals surface area (Å²) in [6.45, 7) is 0. The molecule has 0 aromatic heterocycles. The Morgan fingerprint density at radius 1 is 0.947 bits per heavy atom. The van der Waals surface area contributed by atoms with E-state index in [1.54, 1.807) is 0 Å². The molecule has 0 aliphatic carbocycles. The molecule has 0 bridgehead atoms. The fourth-order valence-corrected chi connectivity index (χ4v) is 1.73. The zero-order valence-electron chi connectivity index (χ0n) is 9.89. The highest BCUT2D eigenvalue weighted by atomic mass is 19.1. The largest absolute Gasteiger partial charge is 0.397 e. The van der Waals surface area contributed by atoms with Gasteiger partial charge in [0.15, 0.2) is 5.78 Å². The average molecular weight is 258 g/mol. The van der Waals surface area contributed by atoms with E-state index in [0.717, 1.165) is 0 Å². The third-order valence-corrected chi connectivity index (χ3v) is 2.72. The number of primary amides is 1. The molecule has 4 nitrogen and oxygen atoms in total. The van der Waals surface area contributed by atoms with Crippen LogP contribution in [-0.4, -0.2) is 11.7 Å². The molecule has 0 fully saturated rings. The number of ketones is 1. The van der Waals surface area contributed by atoms with E-state index in [0.29, 0.717) is 0 Å². The van der Waals surface area contributed by atoms with Crippen LogP contribution in [-0.2, 0) is 0 Å². The van der Waals surface area contributed by atoms with Crippen molar-refractivity contribution in [1.29, 1.82) is 0 Å². The number of carbonyl (C=O) groups is 2. The lowest BCUT2D eigenvalue weighted by molar-refractivity contribution is 0.100. The number of nitrogens with two attached hydrogens (primary N) is 2. The summed E-state index contributed by atoms with van der Waals surface area (Å²) in [6, 6.07) is 9.53. The van der Waals surface area contributed by atoms with Gasteiger partial charge in [-0.05, 0) is 36.4 Å². The lowest BCUT2D eigenvalue weighted by Crippen LogP contribution is -2.16. The smallest absolute Gasteiger partial charge is 0.250 e. The molecule has 0 saturated carbocycles. The molecule has 0 saturated heterocycles. The number of nitrogen functional groups attached to an aromatic ring is 1. The second-order valence-electron chi connectivity index (χ2n) is 3.97. The number of amides is 1. The van der Waals surface area contributed by atoms with Gasteiger partial charge in [-0.25, -0.2) is 4.39 Å². The van der Waals surface area contributed by atoms with Gasteiger partial charge < -0.3 is 11.5 Å². The van der Waals surface area contributed by atoms with Crippen LogP contribution in [0.5, 0.6) is 0 Å². The normalized spacial score (nSPS) is 10.2. The van der Waals surface area contributed by atoms with Crippen LogP contribution in [0.2, 0.25) is 0 Å². The van der Waals surface area contributed by atoms with Gasteiger partial charge in [0.2, 0.25) is 0 Å². The zero-order valence-corrected chi connectivity index (χ0v) is 9.89. The fourth-order valence-electron chi connectivity index (χ4n) is 1.73. The van der Waals surface area contributed by atoms with Gasteiger partial charge in [0.05, 0.1) is 11.3 Å². The highest BCUT2D eigenvalue weighted by molar-refractivity contribution is 6.14. The predicted molar refractivity (Wildman–Crippen MR) is 69.2 cm³/mol. The maximum Gasteiger partial charge on any atom is 0.250 e. The van der Waals surface area contributed by atoms with E-state index in [1.807, 2.05) is 0 Å². The van der Waals surface area contributed by atoms with Crippen LogP contribution in [0.4, 0.5) is 10.1 Å². The van der Waals surface area contributed by atoms with E-state index in [4.69, 9.17) is 11.5 Å². The minimum atomic E-state index is -0.703. The Morgan fingerprint density at radius 2 is 1.53 bits per heavy atom. The quantitative estimate of drug-likeness (QED) is 0.649. The Balaban J connectivity index is 2.47. The van der Waals surface area contributed by atoms with Crippen molar-refractivity contribution in [3.63, 3.8) is 0 Å². The van der Waals surface area contributed by atoms with Crippen LogP contribution in [0.15, 0.2) is 42.5 Å². The molecule has 0 aliphatic heterocycles. The summed E-state index contributed by atoms with van der Waals surface area (Å²) < 4.78 is 12.8. The first kappa shape index (κ1) is 12.8. The predicted octanol–water partition coefficient (Wildman–Crippen LogP) is 1.74. The number of para-hydroxylation sites is 1. The molecule has 0 unspecified atom stereocenters. The topological polar surface area (TPSA) is 86.2 Å². The van der Waals surface area contributed by atoms with E-state index in [9.17, 15) is 14.0 Å². The number of hydrogen-bond donors (Lipinski definition) is 2. The molecule has 0 atom stereocenters. The Morgan fingerprint density at radius 3 is 2.11 bits per heavy atom. The first-order valence-electron chi connectivity index (χ1n) is 5.49. The summed E-state index contributed by atoms with van der Waals surface area (Å²) in [5.74, 6) is -1.53. The van der Waals surface area contributed by atoms with E-state index >= 15 is 0 Å². The van der Waals surface area contributed by atoms with E-state index in [-0.39, 0.29) is 28.2 Å². The Bertz CT molecular complexity index is 651. The number of rotatable bonds is 3. The zero-order chi connectivity index (χ0) is 14.0. The molecule has 1 amide bonds. The molecule has 2 aromatic rings. The van der Waals surface area contributed by atoms with Crippen LogP contribution < -0.4 is 11.5 Å². The maximum absolute atomic E-state index is 12.8. The average Bonchev–Trinajstić information content (AvgIpc) is 2.38. The third kappa shape index (κ3) is 2.44. The lowest BCUT2D eigenvalue weighted by Gasteiger charge is -2.08. The molecule has 19 heavy (non-hydrogen) atoms. The molecule has 2 aromatic carbocycles. The summed E-state index contributed by atoms with van der Waals surface area (Å²) in [4.78, 5) is 23.4. The number of carbonyl (C=O) groups excluding carboxylic acids is 2. The van der Waals surface area contributed by atoms with Crippen molar-refractivity contribution in [2.24, 2.45) is 5.73 Å². The summed E-state index contributed by atoms with van der Waals surface area (Å²) in [5, 5.41) is 0. The monoisotopic (exact) mass is 258 g/mol. The first-order valence-corrected chi connectivity index (χ1v) is 5.49. The molecular weight excluding hydrogens is 247 g/mol. The summed E-state index contributed by atoms with van der Waals surface area (Å²) in [7, 11) is 0. The van der Waals surface area contributed by atoms with Crippen LogP contribution >= 0.6 is 0 Å². The lowest BCUT2D eigenvalue weighted by atomic mass is 9.99. The van der Waals surface area contributed by atoms with Gasteiger partial charge in [-0.2, -0.15) is 0 Å². The number of anilines is 1. The third-order valence-electron chi connectivity index (χ3n) is 2.72. The van der Waals surface area contributed by atoms with E-state index < -0.39 is 11.7 Å². The van der Waals surface area contributed by atoms with Gasteiger partial charge in [-0.1, -0.05) is 6.07 Å². The minimum Gasteiger partial charge on any atom is -0.397 e. The molecule has 0 spiro atoms. The van der Waals surface area contributed by atoms with Crippen molar-refractivity contribution in [3.05, 3.63) is 65.0 Å². The number of benzene rings is 2. The number of halogens is 1. The highest BCUT2D eigenvalue weighted by Gasteiger charge is 2.16. The first-order chi connectivity index (χ1) is 9.00. The van der Waals surface area contributed by atoms with Crippen molar-refractivity contribution < 1.29 is 14.0 Å². The van der Waals surface area contributed by atoms with E-state index in [2.05, 4.69) is 0 Å². The van der Waals surface area contributed by atoms with Crippen molar-refractivity contribution in [2.45, 2.75) is 0 Å². The van der Waals surface area contributed by atoms with Gasteiger partial charge in [0.25, 0.3) is 5.91 Å². The fraction of sp³-hybridized carbons (Fsp3) is 0. The Labute approximate surface area is 108 Å². The van der Waals surface area contributed by atoms with Crippen molar-refractivity contribution >= 4 is 17.4 Å². The van der Waals surface area contributed by atoms with Gasteiger partial charge in [0, 0.05) is 11.1 Å². The molecule has 5 heteroatoms. The second-order valence-corrected chi connectivity index (χ2v) is 3.97. The van der Waals surface area contributed by atoms with Gasteiger partial charge in [0.1, 0.15) is 5.82 Å². The number of hydrogen-bond acceptors (Lipinski definition) is 3. The summed E-state index contributed by atoms with van der Waals surface area (Å²) in [6.07, 6.45) is 0.